The van der Waals surface area contributed by atoms with Crippen molar-refractivity contribution in [2.75, 3.05) is 0 Å². The average molecular weight is 653 g/mol. The summed E-state index contributed by atoms with van der Waals surface area (Å²) >= 11 is 0.0556. The van der Waals surface area contributed by atoms with Crippen LogP contribution < -0.4 is 0 Å². The quantitative estimate of drug-likeness (QED) is 0.241. The van der Waals surface area contributed by atoms with Crippen molar-refractivity contribution in [1.29, 1.82) is 0 Å². The van der Waals surface area contributed by atoms with E-state index in [1.54, 1.807) is 0 Å². The summed E-state index contributed by atoms with van der Waals surface area (Å²) in [6, 6.07) is 0. The van der Waals surface area contributed by atoms with Crippen LogP contribution in [0.3, 0.4) is 0 Å². The molecule has 0 heterocycles. The molecule has 0 bridgehead atoms. The predicted molar refractivity (Wildman–Crippen MR) is 39.0 cm³/mol. The van der Waals surface area contributed by atoms with Crippen LogP contribution in [-0.4, -0.2) is 93.1 Å². The maximum absolute atomic E-state index is 8.39. The van der Waals surface area contributed by atoms with Gasteiger partial charge < -0.3 is 0 Å². The SMILES string of the molecule is [Cd].[GeH4].[InH3].[O]=[Pb].[SnH4]. The summed E-state index contributed by atoms with van der Waals surface area (Å²) in [7, 11) is 0. The number of hydrogen-bond donors (Lipinski definition) is 0. The molecule has 0 atom stereocenters. The van der Waals surface area contributed by atoms with E-state index in [2.05, 4.69) is 0 Å². The Morgan fingerprint density at radius 2 is 1.17 bits per heavy atom. The van der Waals surface area contributed by atoms with Crippen molar-refractivity contribution in [3.63, 3.8) is 0 Å². The summed E-state index contributed by atoms with van der Waals surface area (Å²) in [5.74, 6) is 0. The van der Waals surface area contributed by atoms with E-state index in [0.717, 1.165) is 0 Å². The average Bonchev–Trinajstić information content (AvgIpc) is 1.00. The summed E-state index contributed by atoms with van der Waals surface area (Å²) in [6.07, 6.45) is 0. The van der Waals surface area contributed by atoms with E-state index in [4.69, 9.17) is 2.69 Å². The van der Waals surface area contributed by atoms with Gasteiger partial charge in [-0.05, 0) is 0 Å². The second-order valence-corrected chi connectivity index (χ2v) is 0. The fourth-order valence-corrected chi connectivity index (χ4v) is 0. The first-order chi connectivity index (χ1) is 1.00. The van der Waals surface area contributed by atoms with Crippen molar-refractivity contribution in [3.8, 4) is 0 Å². The first-order valence-electron chi connectivity index (χ1n) is 0.204. The molecule has 0 aromatic heterocycles. The molecular weight excluding hydrogens is 642 g/mol. The topological polar surface area (TPSA) is 17.1 Å². The molecule has 0 aliphatic heterocycles. The van der Waals surface area contributed by atoms with Crippen molar-refractivity contribution in [1.82, 2.24) is 0 Å². The van der Waals surface area contributed by atoms with Crippen molar-refractivity contribution < 1.29 is 30.0 Å². The molecule has 0 N–H and O–H groups in total. The van der Waals surface area contributed by atoms with Gasteiger partial charge in [0.1, 0.15) is 0 Å². The Bertz CT molecular complexity index is 15.5. The van der Waals surface area contributed by atoms with Crippen molar-refractivity contribution in [3.05, 3.63) is 0 Å². The molecule has 2 radical (unpaired) electrons. The van der Waals surface area contributed by atoms with Crippen LogP contribution in [0.1, 0.15) is 0 Å². The van der Waals surface area contributed by atoms with Crippen LogP contribution in [0.15, 0.2) is 0 Å². The van der Waals surface area contributed by atoms with Gasteiger partial charge in [-0.25, -0.2) is 0 Å². The van der Waals surface area contributed by atoms with Gasteiger partial charge in [-0.1, -0.05) is 0 Å². The van der Waals surface area contributed by atoms with Gasteiger partial charge in [-0.2, -0.15) is 0 Å². The third-order valence-corrected chi connectivity index (χ3v) is 0. The predicted octanol–water partition coefficient (Wildman–Crippen LogP) is -4.59. The van der Waals surface area contributed by atoms with Crippen LogP contribution in [0, 0.1) is 0 Å². The monoisotopic (exact) mass is 658 g/mol. The van der Waals surface area contributed by atoms with Crippen molar-refractivity contribution in [2.45, 2.75) is 0 Å². The van der Waals surface area contributed by atoms with E-state index in [1.807, 2.05) is 0 Å². The Morgan fingerprint density at radius 3 is 1.17 bits per heavy atom. The van der Waals surface area contributed by atoms with Crippen molar-refractivity contribution >= 4 is 93.1 Å². The molecule has 6 heavy (non-hydrogen) atoms. The fraction of sp³-hybridized carbons (Fsp3) is 0. The molecule has 0 unspecified atom stereocenters. The molecule has 0 spiro atoms. The molecule has 0 aliphatic rings. The zero-order valence-electron chi connectivity index (χ0n) is 1.62. The molecular formula is H11CdGeInOPbSn. The van der Waals surface area contributed by atoms with Crippen LogP contribution in [-0.2, 0) is 30.0 Å². The third kappa shape index (κ3) is 24.8. The minimum absolute atomic E-state index is 0. The molecule has 0 amide bonds. The second-order valence-electron chi connectivity index (χ2n) is 0. The van der Waals surface area contributed by atoms with Gasteiger partial charge >= 0.3 is 95.8 Å². The van der Waals surface area contributed by atoms with Crippen LogP contribution in [0.4, 0.5) is 0 Å². The minimum atomic E-state index is 0. The third-order valence-electron chi connectivity index (χ3n) is 0. The van der Waals surface area contributed by atoms with Crippen LogP contribution in [0.5, 0.6) is 0 Å². The van der Waals surface area contributed by atoms with Gasteiger partial charge in [0.2, 0.25) is 0 Å². The van der Waals surface area contributed by atoms with E-state index in [1.165, 1.54) is 0 Å². The number of hydrogen-bond acceptors (Lipinski definition) is 1. The zero-order valence-corrected chi connectivity index (χ0v) is 9.54. The van der Waals surface area contributed by atoms with Crippen LogP contribution in [0.25, 0.3) is 0 Å². The molecule has 6 heteroatoms. The Labute approximate surface area is 120 Å². The Balaban J connectivity index is -0.000000000833. The zero-order chi connectivity index (χ0) is 2.00. The van der Waals surface area contributed by atoms with Gasteiger partial charge in [-0.15, -0.1) is 0 Å². The number of rotatable bonds is 0. The van der Waals surface area contributed by atoms with Gasteiger partial charge in [-0.3, -0.25) is 0 Å². The van der Waals surface area contributed by atoms with E-state index in [0.29, 0.717) is 0 Å². The van der Waals surface area contributed by atoms with Gasteiger partial charge in [0.25, 0.3) is 0 Å². The Morgan fingerprint density at radius 1 is 1.17 bits per heavy atom. The van der Waals surface area contributed by atoms with Gasteiger partial charge in [0.15, 0.2) is 0 Å². The maximum atomic E-state index is 8.39. The molecule has 34 valence electrons. The molecule has 0 aromatic rings. The summed E-state index contributed by atoms with van der Waals surface area (Å²) < 4.78 is 8.39. The Hall–Kier alpha value is 3.86. The van der Waals surface area contributed by atoms with Crippen molar-refractivity contribution in [2.24, 2.45) is 0 Å². The van der Waals surface area contributed by atoms with E-state index in [9.17, 15) is 0 Å². The molecule has 0 saturated carbocycles. The van der Waals surface area contributed by atoms with E-state index >= 15 is 0 Å². The first-order valence-corrected chi connectivity index (χ1v) is 1.79. The summed E-state index contributed by atoms with van der Waals surface area (Å²) in [5.41, 5.74) is 0. The fourth-order valence-electron chi connectivity index (χ4n) is 0. The van der Waals surface area contributed by atoms with Gasteiger partial charge in [0, 0.05) is 27.3 Å². The Kier molecular flexibility index (Phi) is 201. The van der Waals surface area contributed by atoms with E-state index in [-0.39, 0.29) is 120 Å². The summed E-state index contributed by atoms with van der Waals surface area (Å²) in [5, 5.41) is 0. The van der Waals surface area contributed by atoms with E-state index < -0.39 is 0 Å². The molecule has 0 aromatic carbocycles. The van der Waals surface area contributed by atoms with Crippen LogP contribution in [0.2, 0.25) is 0 Å². The standard InChI is InChI=1S/Cd.GeH4.In.O.Pb.Sn.7H/h;1H4;;;;;;;;;;;. The summed E-state index contributed by atoms with van der Waals surface area (Å²) in [4.78, 5) is 0. The summed E-state index contributed by atoms with van der Waals surface area (Å²) in [6.45, 7) is 0. The normalized spacial score (nSPS) is 0.667. The molecule has 0 rings (SSSR count). The molecule has 0 aliphatic carbocycles. The molecule has 0 fully saturated rings. The van der Waals surface area contributed by atoms with Gasteiger partial charge in [0.05, 0.1) is 0 Å². The molecule has 1 nitrogen and oxygen atoms in total. The second kappa shape index (κ2) is 36.8. The molecule has 0 saturated heterocycles. The van der Waals surface area contributed by atoms with Crippen LogP contribution >= 0.6 is 0 Å². The first kappa shape index (κ1) is 32.8.